The van der Waals surface area contributed by atoms with E-state index < -0.39 is 0 Å². The lowest BCUT2D eigenvalue weighted by Crippen LogP contribution is -2.60. The maximum atomic E-state index is 12.5. The van der Waals surface area contributed by atoms with Crippen LogP contribution in [0.25, 0.3) is 0 Å². The highest BCUT2D eigenvalue weighted by molar-refractivity contribution is 5.81. The van der Waals surface area contributed by atoms with Crippen LogP contribution in [0.3, 0.4) is 0 Å². The van der Waals surface area contributed by atoms with Crippen LogP contribution in [0.1, 0.15) is 20.8 Å². The lowest BCUT2D eigenvalue weighted by molar-refractivity contribution is -0.166. The van der Waals surface area contributed by atoms with E-state index >= 15 is 0 Å². The van der Waals surface area contributed by atoms with Crippen LogP contribution in [0.2, 0.25) is 0 Å². The second kappa shape index (κ2) is 6.39. The molecule has 1 N–H and O–H groups in total. The number of nitrogens with zero attached hydrogens (tertiary/aromatic N) is 2. The Balaban J connectivity index is 1.99. The molecule has 2 heterocycles. The van der Waals surface area contributed by atoms with E-state index in [1.165, 1.54) is 0 Å². The summed E-state index contributed by atoms with van der Waals surface area (Å²) in [4.78, 5) is 16.5. The van der Waals surface area contributed by atoms with Gasteiger partial charge in [0.1, 0.15) is 0 Å². The van der Waals surface area contributed by atoms with Gasteiger partial charge < -0.3 is 19.5 Å². The zero-order chi connectivity index (χ0) is 14.8. The van der Waals surface area contributed by atoms with E-state index in [4.69, 9.17) is 9.47 Å². The van der Waals surface area contributed by atoms with Crippen molar-refractivity contribution in [2.75, 3.05) is 46.0 Å². The molecule has 0 spiro atoms. The Kier molecular flexibility index (Phi) is 5.01. The average molecular weight is 286 g/mol. The number of morpholine rings is 2. The Morgan fingerprint density at radius 1 is 1.40 bits per heavy atom. The quantitative estimate of drug-likeness (QED) is 0.772. The molecular formula is C14H26N2O4. The van der Waals surface area contributed by atoms with Crippen molar-refractivity contribution < 1.29 is 19.4 Å². The Hall–Kier alpha value is -0.690. The molecule has 2 aliphatic rings. The highest BCUT2D eigenvalue weighted by atomic mass is 16.5. The lowest BCUT2D eigenvalue weighted by Gasteiger charge is -2.45. The number of hydrogen-bond acceptors (Lipinski definition) is 5. The number of ether oxygens (including phenoxy) is 2. The molecule has 6 heteroatoms. The molecule has 0 aromatic carbocycles. The highest BCUT2D eigenvalue weighted by Gasteiger charge is 2.38. The molecule has 0 aliphatic carbocycles. The van der Waals surface area contributed by atoms with Crippen LogP contribution in [0.15, 0.2) is 0 Å². The fourth-order valence-electron chi connectivity index (χ4n) is 2.94. The van der Waals surface area contributed by atoms with Crippen molar-refractivity contribution in [3.8, 4) is 0 Å². The van der Waals surface area contributed by atoms with E-state index in [2.05, 4.69) is 4.90 Å². The summed E-state index contributed by atoms with van der Waals surface area (Å²) < 4.78 is 11.1. The maximum absolute atomic E-state index is 12.5. The Morgan fingerprint density at radius 3 is 2.65 bits per heavy atom. The first-order valence-corrected chi connectivity index (χ1v) is 7.32. The molecule has 0 aromatic rings. The molecule has 2 aliphatic heterocycles. The van der Waals surface area contributed by atoms with Crippen molar-refractivity contribution in [2.24, 2.45) is 0 Å². The summed E-state index contributed by atoms with van der Waals surface area (Å²) in [6.07, 6.45) is -0.223. The third-order valence-corrected chi connectivity index (χ3v) is 3.94. The molecule has 2 rings (SSSR count). The fraction of sp³-hybridized carbons (Fsp3) is 0.929. The van der Waals surface area contributed by atoms with Crippen LogP contribution < -0.4 is 0 Å². The topological polar surface area (TPSA) is 62.2 Å². The van der Waals surface area contributed by atoms with Crippen LogP contribution in [0.4, 0.5) is 0 Å². The number of carbonyl (C=O) groups is 1. The second-order valence-electron chi connectivity index (χ2n) is 6.23. The largest absolute Gasteiger partial charge is 0.394 e. The number of amides is 1. The van der Waals surface area contributed by atoms with Gasteiger partial charge in [-0.2, -0.15) is 0 Å². The summed E-state index contributed by atoms with van der Waals surface area (Å²) in [6, 6.07) is -0.190. The molecule has 2 unspecified atom stereocenters. The normalized spacial score (nSPS) is 29.2. The highest BCUT2D eigenvalue weighted by Crippen LogP contribution is 2.23. The molecule has 2 atom stereocenters. The van der Waals surface area contributed by atoms with E-state index in [-0.39, 0.29) is 30.3 Å². The van der Waals surface area contributed by atoms with Gasteiger partial charge in [-0.1, -0.05) is 0 Å². The summed E-state index contributed by atoms with van der Waals surface area (Å²) in [5, 5.41) is 9.35. The maximum Gasteiger partial charge on any atom is 0.239 e. The predicted molar refractivity (Wildman–Crippen MR) is 74.5 cm³/mol. The third-order valence-electron chi connectivity index (χ3n) is 3.94. The zero-order valence-corrected chi connectivity index (χ0v) is 12.7. The van der Waals surface area contributed by atoms with Gasteiger partial charge in [0.25, 0.3) is 0 Å². The van der Waals surface area contributed by atoms with Gasteiger partial charge in [0.2, 0.25) is 5.91 Å². The van der Waals surface area contributed by atoms with E-state index in [0.29, 0.717) is 39.4 Å². The van der Waals surface area contributed by atoms with Crippen molar-refractivity contribution in [2.45, 2.75) is 38.5 Å². The Labute approximate surface area is 120 Å². The molecular weight excluding hydrogens is 260 g/mol. The number of carbonyl (C=O) groups excluding carboxylic acids is 1. The third kappa shape index (κ3) is 3.69. The van der Waals surface area contributed by atoms with Gasteiger partial charge in [0, 0.05) is 26.2 Å². The molecule has 2 fully saturated rings. The Morgan fingerprint density at radius 2 is 2.05 bits per heavy atom. The minimum atomic E-state index is -0.342. The molecule has 6 nitrogen and oxygen atoms in total. The summed E-state index contributed by atoms with van der Waals surface area (Å²) >= 11 is 0. The molecule has 2 saturated heterocycles. The van der Waals surface area contributed by atoms with Gasteiger partial charge in [-0.05, 0) is 20.8 Å². The number of aliphatic hydroxyl groups excluding tert-OH is 1. The standard InChI is InChI=1S/C14H26N2O4/c1-11(13(18)15-4-6-19-7-5-15)16-8-12(9-17)20-14(2,3)10-16/h11-12,17H,4-10H2,1-3H3. The summed E-state index contributed by atoms with van der Waals surface area (Å²) in [7, 11) is 0. The lowest BCUT2D eigenvalue weighted by atomic mass is 10.0. The van der Waals surface area contributed by atoms with Gasteiger partial charge in [0.05, 0.1) is 37.6 Å². The van der Waals surface area contributed by atoms with Gasteiger partial charge in [-0.25, -0.2) is 0 Å². The first kappa shape index (κ1) is 15.7. The number of rotatable bonds is 3. The van der Waals surface area contributed by atoms with Crippen LogP contribution in [-0.4, -0.2) is 84.6 Å². The minimum Gasteiger partial charge on any atom is -0.394 e. The van der Waals surface area contributed by atoms with Gasteiger partial charge >= 0.3 is 0 Å². The molecule has 0 saturated carbocycles. The zero-order valence-electron chi connectivity index (χ0n) is 12.7. The average Bonchev–Trinajstić information content (AvgIpc) is 2.44. The number of aliphatic hydroxyl groups is 1. The summed E-state index contributed by atoms with van der Waals surface area (Å²) in [6.45, 7) is 9.77. The molecule has 116 valence electrons. The number of hydrogen-bond donors (Lipinski definition) is 1. The Bertz CT molecular complexity index is 342. The van der Waals surface area contributed by atoms with Crippen LogP contribution >= 0.6 is 0 Å². The first-order valence-electron chi connectivity index (χ1n) is 7.32. The van der Waals surface area contributed by atoms with E-state index in [1.807, 2.05) is 25.7 Å². The summed E-state index contributed by atoms with van der Waals surface area (Å²) in [5.41, 5.74) is -0.342. The summed E-state index contributed by atoms with van der Waals surface area (Å²) in [5.74, 6) is 0.141. The van der Waals surface area contributed by atoms with E-state index in [0.717, 1.165) is 0 Å². The molecule has 20 heavy (non-hydrogen) atoms. The molecule has 0 aromatic heterocycles. The molecule has 1 amide bonds. The minimum absolute atomic E-state index is 0.0155. The molecule has 0 radical (unpaired) electrons. The van der Waals surface area contributed by atoms with Crippen molar-refractivity contribution in [3.63, 3.8) is 0 Å². The predicted octanol–water partition coefficient (Wildman–Crippen LogP) is -0.295. The first-order chi connectivity index (χ1) is 9.43. The van der Waals surface area contributed by atoms with Gasteiger partial charge in [-0.15, -0.1) is 0 Å². The van der Waals surface area contributed by atoms with Gasteiger partial charge in [0.15, 0.2) is 0 Å². The van der Waals surface area contributed by atoms with Crippen molar-refractivity contribution >= 4 is 5.91 Å². The van der Waals surface area contributed by atoms with Crippen LogP contribution in [-0.2, 0) is 14.3 Å². The molecule has 0 bridgehead atoms. The smallest absolute Gasteiger partial charge is 0.239 e. The van der Waals surface area contributed by atoms with Crippen LogP contribution in [0.5, 0.6) is 0 Å². The van der Waals surface area contributed by atoms with E-state index in [9.17, 15) is 9.90 Å². The second-order valence-corrected chi connectivity index (χ2v) is 6.23. The SMILES string of the molecule is CC(C(=O)N1CCOCC1)N1CC(CO)OC(C)(C)C1. The van der Waals surface area contributed by atoms with E-state index in [1.54, 1.807) is 0 Å². The van der Waals surface area contributed by atoms with Crippen molar-refractivity contribution in [1.29, 1.82) is 0 Å². The monoisotopic (exact) mass is 286 g/mol. The van der Waals surface area contributed by atoms with Crippen LogP contribution in [0, 0.1) is 0 Å². The van der Waals surface area contributed by atoms with Crippen molar-refractivity contribution in [1.82, 2.24) is 9.80 Å². The van der Waals surface area contributed by atoms with Gasteiger partial charge in [-0.3, -0.25) is 9.69 Å². The fourth-order valence-corrected chi connectivity index (χ4v) is 2.94. The van der Waals surface area contributed by atoms with Crippen molar-refractivity contribution in [3.05, 3.63) is 0 Å².